The molecule has 0 N–H and O–H groups in total. The molecule has 6 aromatic carbocycles. The van der Waals surface area contributed by atoms with Gasteiger partial charge in [0.2, 0.25) is 66.5 Å². The molecule has 0 saturated heterocycles. The highest BCUT2D eigenvalue weighted by Gasteiger charge is 2.53. The normalized spacial score (nSPS) is 18.5. The van der Waals surface area contributed by atoms with Crippen molar-refractivity contribution in [3.05, 3.63) is 222 Å². The highest BCUT2D eigenvalue weighted by atomic mass is 28.4. The van der Waals surface area contributed by atoms with E-state index in [0.29, 0.717) is 23.0 Å². The first-order valence-electron chi connectivity index (χ1n) is 51.8. The van der Waals surface area contributed by atoms with E-state index < -0.39 is 135 Å². The molecule has 4 aliphatic rings. The minimum absolute atomic E-state index is 0.0658. The average molecular weight is 2110 g/mol. The third-order valence-corrected chi connectivity index (χ3v) is 76.5. The summed E-state index contributed by atoms with van der Waals surface area (Å²) in [6, 6.07) is 40.5. The summed E-state index contributed by atoms with van der Waals surface area (Å²) in [4.78, 5) is 32.2. The van der Waals surface area contributed by atoms with Crippen LogP contribution in [0.3, 0.4) is 0 Å². The van der Waals surface area contributed by atoms with Gasteiger partial charge in [-0.1, -0.05) is 305 Å². The highest BCUT2D eigenvalue weighted by Crippen LogP contribution is 2.63. The number of carbonyl (C=O) groups excluding carboxylic acids is 2. The molecule has 0 fully saturated rings. The maximum Gasteiger partial charge on any atom is 0.250 e. The largest absolute Gasteiger partial charge is 0.544 e. The van der Waals surface area contributed by atoms with Gasteiger partial charge >= 0.3 is 0 Å². The van der Waals surface area contributed by atoms with Crippen LogP contribution in [0.5, 0.6) is 57.5 Å². The van der Waals surface area contributed by atoms with Crippen molar-refractivity contribution in [3.63, 3.8) is 0 Å². The van der Waals surface area contributed by atoms with Gasteiger partial charge in [-0.3, -0.25) is 9.59 Å². The van der Waals surface area contributed by atoms with Crippen molar-refractivity contribution in [2.24, 2.45) is 0 Å². The van der Waals surface area contributed by atoms with E-state index in [-0.39, 0.29) is 51.9 Å². The molecular weight excluding hydrogens is 1920 g/mol. The molecule has 2 aliphatic heterocycles. The quantitative estimate of drug-likeness (QED) is 0.0415. The first-order valence-corrected chi connectivity index (χ1v) is 89.1. The first kappa shape index (κ1) is 116. The molecule has 0 saturated carbocycles. The van der Waals surface area contributed by atoms with Crippen molar-refractivity contribution in [1.82, 2.24) is 0 Å². The summed E-state index contributed by atoms with van der Waals surface area (Å²) >= 11 is 0. The maximum atomic E-state index is 16.1. The van der Waals surface area contributed by atoms with E-state index in [4.69, 9.17) is 44.9 Å². The lowest BCUT2D eigenvalue weighted by molar-refractivity contribution is -0.112. The number of Topliss-reactive ketones (excluding diaryl/α,β-unsaturated/α-hetero) is 2. The van der Waals surface area contributed by atoms with Crippen LogP contribution in [0.4, 0.5) is 0 Å². The molecule has 24 heteroatoms. The van der Waals surface area contributed by atoms with Crippen molar-refractivity contribution in [2.45, 2.75) is 426 Å². The van der Waals surface area contributed by atoms with Crippen LogP contribution >= 0.6 is 0 Å². The minimum Gasteiger partial charge on any atom is -0.544 e. The van der Waals surface area contributed by atoms with Gasteiger partial charge < -0.3 is 44.9 Å². The Morgan fingerprint density at radius 3 is 0.614 bits per heavy atom. The smallest absolute Gasteiger partial charge is 0.250 e. The monoisotopic (exact) mass is 2110 g/mol. The van der Waals surface area contributed by atoms with Crippen molar-refractivity contribution in [1.29, 1.82) is 0 Å². The summed E-state index contributed by atoms with van der Waals surface area (Å²) in [6.45, 7) is 121. The Labute approximate surface area is 863 Å². The van der Waals surface area contributed by atoms with Crippen LogP contribution in [0.2, 0.25) is 224 Å². The Balaban J connectivity index is 1.57. The van der Waals surface area contributed by atoms with E-state index in [2.05, 4.69) is 495 Å². The highest BCUT2D eigenvalue weighted by molar-refractivity contribution is 6.95. The summed E-state index contributed by atoms with van der Waals surface area (Å²) in [5.41, 5.74) is 9.69. The van der Waals surface area contributed by atoms with Gasteiger partial charge in [-0.25, -0.2) is 0 Å². The molecule has 0 radical (unpaired) electrons. The van der Waals surface area contributed by atoms with E-state index in [1.165, 1.54) is 0 Å². The van der Waals surface area contributed by atoms with Crippen molar-refractivity contribution < 1.29 is 54.5 Å². The molecule has 0 amide bonds. The number of hydrogen-bond donors (Lipinski definition) is 0. The number of carbonyl (C=O) groups is 2. The van der Waals surface area contributed by atoms with Gasteiger partial charge in [0.15, 0.2) is 11.6 Å². The van der Waals surface area contributed by atoms with Crippen LogP contribution in [0.1, 0.15) is 247 Å². The van der Waals surface area contributed by atoms with Crippen LogP contribution < -0.4 is 44.9 Å². The number of rotatable bonds is 29. The molecule has 2 heterocycles. The molecular formula is C116H186O12Si12. The van der Waals surface area contributed by atoms with Gasteiger partial charge in [-0.15, -0.1) is 0 Å². The van der Waals surface area contributed by atoms with Crippen molar-refractivity contribution in [2.75, 3.05) is 0 Å². The van der Waals surface area contributed by atoms with Gasteiger partial charge in [-0.2, -0.15) is 0 Å². The predicted octanol–water partition coefficient (Wildman–Crippen LogP) is 36.4. The van der Waals surface area contributed by atoms with Crippen LogP contribution in [0.15, 0.2) is 178 Å². The molecule has 0 aromatic heterocycles. The van der Waals surface area contributed by atoms with Crippen LogP contribution in [0.25, 0.3) is 0 Å². The Morgan fingerprint density at radius 1 is 0.243 bits per heavy atom. The molecule has 0 bridgehead atoms. The Morgan fingerprint density at radius 2 is 0.429 bits per heavy atom. The lowest BCUT2D eigenvalue weighted by Gasteiger charge is -2.39. The fourth-order valence-electron chi connectivity index (χ4n) is 16.4. The third kappa shape index (κ3) is 25.4. The zero-order valence-electron chi connectivity index (χ0n) is 97.2. The number of ether oxygens (including phenoxy) is 2. The molecule has 0 unspecified atom stereocenters. The number of hydrogen-bond acceptors (Lipinski definition) is 12. The molecule has 770 valence electrons. The number of benzene rings is 6. The van der Waals surface area contributed by atoms with Crippen LogP contribution in [-0.2, 0) is 9.59 Å². The number of fused-ring (bicyclic) bond motifs is 2. The van der Waals surface area contributed by atoms with Crippen LogP contribution in [0, 0.1) is 0 Å². The molecule has 12 nitrogen and oxygen atoms in total. The summed E-state index contributed by atoms with van der Waals surface area (Å²) in [7, 11) is -30.9. The van der Waals surface area contributed by atoms with E-state index in [1.807, 2.05) is 0 Å². The Kier molecular flexibility index (Phi) is 32.0. The van der Waals surface area contributed by atoms with E-state index >= 15 is 9.59 Å². The third-order valence-electron chi connectivity index (χ3n) is 33.7. The Bertz CT molecular complexity index is 5310. The summed E-state index contributed by atoms with van der Waals surface area (Å²) in [6.07, 6.45) is 12.9. The van der Waals surface area contributed by atoms with Gasteiger partial charge in [0.25, 0.3) is 0 Å². The van der Waals surface area contributed by atoms with Gasteiger partial charge in [0.1, 0.15) is 69.7 Å². The van der Waals surface area contributed by atoms with Gasteiger partial charge in [-0.05, 0) is 271 Å². The first-order chi connectivity index (χ1) is 62.7. The molecule has 6 aromatic rings. The maximum absolute atomic E-state index is 16.1. The fourth-order valence-corrected chi connectivity index (χ4v) is 30.5. The summed E-state index contributed by atoms with van der Waals surface area (Å²) < 4.78 is 78.2. The van der Waals surface area contributed by atoms with Gasteiger partial charge in [0, 0.05) is 47.2 Å². The number of ketones is 2. The number of allylic oxidation sites excluding steroid dienone is 12. The van der Waals surface area contributed by atoms with Crippen LogP contribution in [-0.4, -0.2) is 110 Å². The summed E-state index contributed by atoms with van der Waals surface area (Å²) in [5.74, 6) is 5.11. The lowest BCUT2D eigenvalue weighted by atomic mass is 9.71. The van der Waals surface area contributed by atoms with Crippen molar-refractivity contribution in [3.8, 4) is 57.5 Å². The second kappa shape index (κ2) is 38.8. The van der Waals surface area contributed by atoms with Crippen molar-refractivity contribution >= 4 is 110 Å². The zero-order chi connectivity index (χ0) is 107. The predicted molar refractivity (Wildman–Crippen MR) is 629 cm³/mol. The standard InChI is InChI=1S/C116H186O12Si12/c1-109(2,3)133(37,38)121-83-57-53-79(54-58-83)107-101(81-67-85(123-135(41,42)111(7,8)9)71-86(68-81)124-136(43,44)112(10,11)12)103-93(73-89(75-95(103)119-107)127-139(49,50)115(19,20)21)91(61-77-63-97(129(25,26)27)105(117)98(64-77)130(28,29)30)92(62-78-65-99(131(31,32)33)106(118)100(66-78)132(34,35)36)94-74-90(128-140(51,52)116(22,23)24)76-96-104(94)102(108(120-96)80-55-59-84(60-56-80)122-134(39,40)110(4,5)6)82-69-87(125-137(45,46)113(13,14)15)72-88(70-82)126-138(47,48)114(16,17)18/h53-76,91-92,101-102,107-108H,1-52H3/t91-,92-,101-,102-,107+,108+/m0/s1. The molecule has 0 spiro atoms. The van der Waals surface area contributed by atoms with E-state index in [9.17, 15) is 0 Å². The fraction of sp³-hybridized carbons (Fsp3) is 0.569. The molecule has 140 heavy (non-hydrogen) atoms. The summed E-state index contributed by atoms with van der Waals surface area (Å²) in [5, 5.41) is 2.21. The second-order valence-corrected chi connectivity index (χ2v) is 116. The van der Waals surface area contributed by atoms with Gasteiger partial charge in [0.05, 0.1) is 44.1 Å². The second-order valence-electron chi connectivity index (χ2n) is 57.7. The zero-order valence-corrected chi connectivity index (χ0v) is 109. The molecule has 2 aliphatic carbocycles. The molecule has 10 rings (SSSR count). The Hall–Kier alpha value is -6.30. The van der Waals surface area contributed by atoms with E-state index in [1.54, 1.807) is 0 Å². The van der Waals surface area contributed by atoms with E-state index in [0.717, 1.165) is 111 Å². The molecule has 6 atom stereocenters. The minimum atomic E-state index is -2.81. The SMILES string of the molecule is CC(C)(C)[Si](C)(C)Oc1ccc([C@H]2Oc3cc(O[Si](C)(C)C(C)(C)C)cc([C@@H](C=C4C=C([Si](C)(C)C)C(=O)C([Si](C)(C)C)=C4)[C@H](C=C4C=C([Si](C)(C)C)C(=O)C([Si](C)(C)C)=C4)c4cc(O[Si](C)(C)C(C)(C)C)cc5c4[C@H](c4cc(O[Si](C)(C)C(C)(C)C)cc(O[Si](C)(C)C(C)(C)C)c4)[C@@H](c4ccc(O[Si](C)(C)C(C)(C)C)cc4)O5)c3[C@@H]2c2cc(O[Si](C)(C)C(C)(C)C)cc(O[Si](C)(C)C(C)(C)C)c2)cc1. The topological polar surface area (TPSA) is 126 Å². The average Bonchev–Trinajstić information content (AvgIpc) is 1.55. The lowest BCUT2D eigenvalue weighted by Crippen LogP contribution is -2.44.